The number of fused-ring (bicyclic) bond motifs is 2. The smallest absolute Gasteiger partial charge is 0.327 e. The fourth-order valence-electron chi connectivity index (χ4n) is 9.48. The van der Waals surface area contributed by atoms with Gasteiger partial charge in [-0.3, -0.25) is 67.5 Å². The van der Waals surface area contributed by atoms with Gasteiger partial charge in [0, 0.05) is 54.7 Å². The van der Waals surface area contributed by atoms with Crippen LogP contribution in [0.25, 0.3) is 10.9 Å². The van der Waals surface area contributed by atoms with E-state index in [0.717, 1.165) is 4.90 Å². The number of benzene rings is 1. The summed E-state index contributed by atoms with van der Waals surface area (Å²) in [4.78, 5) is 190. The van der Waals surface area contributed by atoms with Gasteiger partial charge in [0.05, 0.1) is 19.6 Å². The van der Waals surface area contributed by atoms with Gasteiger partial charge >= 0.3 is 11.9 Å². The van der Waals surface area contributed by atoms with Gasteiger partial charge in [0.2, 0.25) is 65.0 Å². The summed E-state index contributed by atoms with van der Waals surface area (Å²) in [6.45, 7) is -0.659. The highest BCUT2D eigenvalue weighted by Crippen LogP contribution is 2.22. The molecule has 2 aliphatic heterocycles. The molecule has 35 nitrogen and oxygen atoms in total. The summed E-state index contributed by atoms with van der Waals surface area (Å²) in [5.74, 6) is -15.3. The van der Waals surface area contributed by atoms with Gasteiger partial charge in [0.1, 0.15) is 66.5 Å². The average molecular weight is 1320 g/mol. The van der Waals surface area contributed by atoms with Gasteiger partial charge in [-0.1, -0.05) is 30.4 Å². The molecule has 1 saturated heterocycles. The molecule has 91 heavy (non-hydrogen) atoms. The molecule has 0 bridgehead atoms. The number of H-pyrrole nitrogens is 1. The first-order valence-electron chi connectivity index (χ1n) is 28.8. The number of carbonyl (C=O) groups is 13. The Hall–Kier alpha value is -9.23. The second kappa shape index (κ2) is 37.1. The fraction of sp³-hybridized carbons (Fsp3) is 0.537. The lowest BCUT2D eigenvalue weighted by atomic mass is 10.0. The second-order valence-electron chi connectivity index (χ2n) is 21.1. The first kappa shape index (κ1) is 74.2. The van der Waals surface area contributed by atoms with Crippen LogP contribution in [0.1, 0.15) is 70.3 Å². The predicted molar refractivity (Wildman–Crippen MR) is 334 cm³/mol. The number of nitrogens with one attached hydrogen (secondary N) is 11. The monoisotopic (exact) mass is 1320 g/mol. The maximum absolute atomic E-state index is 14.6. The standard InChI is InChI=1S/C54H81N19O16S2/c1-26(42(78)68-34(19-27-22-62-29-10-3-2-9-28(27)29)47(83)66-32(13-6-16-60-53(56)57)46(82)72-38(25-91)52(88)89)63-43(79)31-12-5-4-11-30(64-40(75)21-55)44(80)71-37(24-90)49(85)70-36(23-74)48(84)69-35(20-41(76)77)51(87)73-18-8-15-39(73)50(86)67-33(45(81)65-31)14-7-17-61-54(58)59/h2-5,9-10,22,26,30-39,62,74,90-91H,6-8,11-21,23-25,55H2,1H3,(H,63,79)(H,64,75)(H,65,81)(H,66,83)(H,67,86)(H,68,78)(H,69,84)(H,70,85)(H,71,80)(H,72,82)(H,76,77)(H,88,89)(H4,56,57,60)(H4,58,59,61)/b5-4-/t26-,30?,31?,32-,33-,34-,35-,36-,37-,38-,39-/m0/s1. The number of aromatic amines is 1. The normalized spacial score (nSPS) is 22.0. The summed E-state index contributed by atoms with van der Waals surface area (Å²) in [6.07, 6.45) is 2.09. The van der Waals surface area contributed by atoms with Gasteiger partial charge in [-0.25, -0.2) is 4.79 Å². The summed E-state index contributed by atoms with van der Waals surface area (Å²) in [5, 5.41) is 54.8. The number of aliphatic hydroxyl groups excluding tert-OH is 1. The first-order chi connectivity index (χ1) is 43.2. The number of nitrogens with two attached hydrogens (primary N) is 5. The summed E-state index contributed by atoms with van der Waals surface area (Å²) in [6, 6.07) is -10.3. The summed E-state index contributed by atoms with van der Waals surface area (Å²) in [7, 11) is 0. The van der Waals surface area contributed by atoms with Gasteiger partial charge in [-0.05, 0) is 69.9 Å². The lowest BCUT2D eigenvalue weighted by Gasteiger charge is -2.30. The lowest BCUT2D eigenvalue weighted by molar-refractivity contribution is -0.146. The largest absolute Gasteiger partial charge is 0.481 e. The van der Waals surface area contributed by atoms with Crippen LogP contribution >= 0.6 is 25.3 Å². The van der Waals surface area contributed by atoms with Crippen molar-refractivity contribution in [2.75, 3.05) is 44.3 Å². The molecular weight excluding hydrogens is 1230 g/mol. The van der Waals surface area contributed by atoms with E-state index in [0.29, 0.717) is 16.5 Å². The zero-order valence-electron chi connectivity index (χ0n) is 49.7. The van der Waals surface area contributed by atoms with Gasteiger partial charge in [-0.2, -0.15) is 25.3 Å². The fourth-order valence-corrected chi connectivity index (χ4v) is 9.99. The number of guanidine groups is 2. The van der Waals surface area contributed by atoms with E-state index in [-0.39, 0.29) is 88.7 Å². The SMILES string of the molecule is C[C@H](NC(=O)C1C/C=C\CC(NC(=O)CN)C(=O)N[C@@H](CS)C(=O)N[C@@H](CO)C(=O)N[C@@H](CC(=O)O)C(=O)N2CCC[C@H]2C(=O)N[C@@H](CCCN=C(N)N)C(=O)N1)C(=O)N[C@@H](Cc1c[nH]c2ccccc12)C(=O)N[C@@H](CCCN=C(N)N)C(=O)N[C@@H](CS)C(=O)O. The molecular formula is C54H81N19O16S2. The van der Waals surface area contributed by atoms with Crippen molar-refractivity contribution in [2.24, 2.45) is 38.7 Å². The van der Waals surface area contributed by atoms with Crippen molar-refractivity contribution in [3.05, 3.63) is 48.2 Å². The van der Waals surface area contributed by atoms with Crippen molar-refractivity contribution in [1.82, 2.24) is 63.1 Å². The molecule has 0 radical (unpaired) electrons. The summed E-state index contributed by atoms with van der Waals surface area (Å²) in [5.41, 5.74) is 28.7. The van der Waals surface area contributed by atoms with E-state index in [2.05, 4.69) is 93.4 Å². The number of aromatic nitrogens is 1. The van der Waals surface area contributed by atoms with Crippen molar-refractivity contribution in [2.45, 2.75) is 138 Å². The topological polar surface area (TPSA) is 577 Å². The highest BCUT2D eigenvalue weighted by Gasteiger charge is 2.41. The predicted octanol–water partition coefficient (Wildman–Crippen LogP) is -7.60. The van der Waals surface area contributed by atoms with Crippen molar-refractivity contribution in [1.29, 1.82) is 0 Å². The molecule has 0 spiro atoms. The molecule has 1 aromatic heterocycles. The second-order valence-corrected chi connectivity index (χ2v) is 21.9. The number of aliphatic hydroxyl groups is 1. The minimum Gasteiger partial charge on any atom is -0.481 e. The van der Waals surface area contributed by atoms with Crippen molar-refractivity contribution in [3.63, 3.8) is 0 Å². The third-order valence-corrected chi connectivity index (χ3v) is 15.0. The average Bonchev–Trinajstić information content (AvgIpc) is 2.18. The lowest BCUT2D eigenvalue weighted by Crippen LogP contribution is -2.61. The Labute approximate surface area is 532 Å². The number of nitrogens with zero attached hydrogens (tertiary/aromatic N) is 3. The number of aliphatic imine (C=N–C) groups is 2. The van der Waals surface area contributed by atoms with Crippen LogP contribution in [0, 0.1) is 0 Å². The number of hydrogen-bond donors (Lipinski definition) is 21. The molecule has 3 heterocycles. The minimum atomic E-state index is -1.89. The van der Waals surface area contributed by atoms with E-state index >= 15 is 0 Å². The Morgan fingerprint density at radius 3 is 1.95 bits per heavy atom. The number of carboxylic acids is 2. The van der Waals surface area contributed by atoms with Crippen molar-refractivity contribution >= 4 is 125 Å². The zero-order chi connectivity index (χ0) is 67.5. The van der Waals surface area contributed by atoms with Gasteiger partial charge in [0.25, 0.3) is 0 Å². The summed E-state index contributed by atoms with van der Waals surface area (Å²) < 4.78 is 0. The molecule has 0 aliphatic carbocycles. The molecule has 11 atom stereocenters. The number of carboxylic acid groups (broad SMARTS) is 2. The van der Waals surface area contributed by atoms with Crippen LogP contribution < -0.4 is 81.8 Å². The number of hydrogen-bond acceptors (Lipinski definition) is 19. The highest BCUT2D eigenvalue weighted by atomic mass is 32.1. The van der Waals surface area contributed by atoms with Crippen molar-refractivity contribution in [3.8, 4) is 0 Å². The molecule has 11 amide bonds. The maximum atomic E-state index is 14.6. The number of para-hydroxylation sites is 1. The molecule has 500 valence electrons. The third-order valence-electron chi connectivity index (χ3n) is 14.3. The number of thiol groups is 2. The van der Waals surface area contributed by atoms with Crippen LogP contribution in [0.2, 0.25) is 0 Å². The quantitative estimate of drug-likeness (QED) is 0.0137. The first-order valence-corrected chi connectivity index (χ1v) is 30.1. The number of carbonyl (C=O) groups excluding carboxylic acids is 11. The molecule has 2 aliphatic rings. The van der Waals surface area contributed by atoms with Crippen molar-refractivity contribution < 1.29 is 77.6 Å². The zero-order valence-corrected chi connectivity index (χ0v) is 51.5. The maximum Gasteiger partial charge on any atom is 0.327 e. The number of rotatable bonds is 26. The number of aliphatic carboxylic acids is 2. The van der Waals surface area contributed by atoms with Crippen LogP contribution in [0.3, 0.4) is 0 Å². The minimum absolute atomic E-state index is 0.00838. The Kier molecular flexibility index (Phi) is 30.2. The molecule has 2 aromatic rings. The molecule has 0 saturated carbocycles. The van der Waals surface area contributed by atoms with Crippen LogP contribution in [0.4, 0.5) is 0 Å². The molecule has 24 N–H and O–H groups in total. The van der Waals surface area contributed by atoms with E-state index in [1.165, 1.54) is 19.1 Å². The van der Waals surface area contributed by atoms with Gasteiger partial charge in [0.15, 0.2) is 11.9 Å². The van der Waals surface area contributed by atoms with Crippen LogP contribution in [0.15, 0.2) is 52.6 Å². The van der Waals surface area contributed by atoms with E-state index < -0.39 is 175 Å². The van der Waals surface area contributed by atoms with Gasteiger partial charge in [-0.15, -0.1) is 0 Å². The molecule has 4 rings (SSSR count). The number of amides is 11. The Morgan fingerprint density at radius 2 is 1.31 bits per heavy atom. The van der Waals surface area contributed by atoms with E-state index in [1.54, 1.807) is 30.5 Å². The van der Waals surface area contributed by atoms with Crippen LogP contribution in [-0.2, 0) is 68.7 Å². The van der Waals surface area contributed by atoms with E-state index in [4.69, 9.17) is 28.7 Å². The third kappa shape index (κ3) is 23.6. The van der Waals surface area contributed by atoms with E-state index in [1.807, 2.05) is 0 Å². The molecule has 37 heteroatoms. The Morgan fingerprint density at radius 1 is 0.714 bits per heavy atom. The molecule has 1 aromatic carbocycles. The van der Waals surface area contributed by atoms with Crippen LogP contribution in [-0.4, -0.2) is 225 Å². The van der Waals surface area contributed by atoms with Crippen LogP contribution in [0.5, 0.6) is 0 Å². The summed E-state index contributed by atoms with van der Waals surface area (Å²) >= 11 is 8.16. The van der Waals surface area contributed by atoms with Gasteiger partial charge < -0.3 is 107 Å². The molecule has 2 unspecified atom stereocenters. The Balaban J connectivity index is 1.77. The molecule has 1 fully saturated rings. The Bertz CT molecular complexity index is 3050. The van der Waals surface area contributed by atoms with E-state index in [9.17, 15) is 77.6 Å². The highest BCUT2D eigenvalue weighted by molar-refractivity contribution is 7.80.